The number of alkyl halides is 3. The quantitative estimate of drug-likeness (QED) is 0.153. The smallest absolute Gasteiger partial charge is 0.291 e. The van der Waals surface area contributed by atoms with Gasteiger partial charge in [-0.3, -0.25) is 14.5 Å². The molecule has 0 saturated heterocycles. The van der Waals surface area contributed by atoms with Gasteiger partial charge < -0.3 is 0 Å². The lowest BCUT2D eigenvalue weighted by atomic mass is 9.60. The maximum absolute atomic E-state index is 14.5. The van der Waals surface area contributed by atoms with E-state index in [9.17, 15) is 26.6 Å². The second-order valence-corrected chi connectivity index (χ2v) is 13.4. The van der Waals surface area contributed by atoms with Crippen LogP contribution in [0.25, 0.3) is 11.8 Å². The second-order valence-electron chi connectivity index (χ2n) is 11.2. The van der Waals surface area contributed by atoms with Crippen molar-refractivity contribution in [1.29, 1.82) is 0 Å². The highest BCUT2D eigenvalue weighted by Crippen LogP contribution is 2.51. The topological polar surface area (TPSA) is 85.9 Å². The van der Waals surface area contributed by atoms with E-state index >= 15 is 0 Å². The molecule has 3 aromatic heterocycles. The summed E-state index contributed by atoms with van der Waals surface area (Å²) >= 11 is 0. The fourth-order valence-electron chi connectivity index (χ4n) is 6.49. The summed E-state index contributed by atoms with van der Waals surface area (Å²) in [5.41, 5.74) is 0.270. The molecule has 0 bridgehead atoms. The zero-order chi connectivity index (χ0) is 31.4. The van der Waals surface area contributed by atoms with Gasteiger partial charge in [0.1, 0.15) is 11.5 Å². The molecule has 1 aromatic carbocycles. The van der Waals surface area contributed by atoms with Crippen LogP contribution in [0.15, 0.2) is 71.7 Å². The van der Waals surface area contributed by atoms with E-state index in [0.29, 0.717) is 41.4 Å². The van der Waals surface area contributed by atoms with Crippen molar-refractivity contribution in [3.8, 4) is 5.69 Å². The highest BCUT2D eigenvalue weighted by molar-refractivity contribution is 7.98. The summed E-state index contributed by atoms with van der Waals surface area (Å²) < 4.78 is 73.7. The highest BCUT2D eigenvalue weighted by atomic mass is 32.2. The van der Waals surface area contributed by atoms with Crippen LogP contribution in [-0.4, -0.2) is 57.3 Å². The van der Waals surface area contributed by atoms with E-state index in [4.69, 9.17) is 0 Å². The van der Waals surface area contributed by atoms with Crippen LogP contribution >= 0.6 is 0 Å². The molecule has 1 unspecified atom stereocenters. The Bertz CT molecular complexity index is 1880. The Morgan fingerprint density at radius 1 is 1.20 bits per heavy atom. The van der Waals surface area contributed by atoms with Crippen molar-refractivity contribution in [3.05, 3.63) is 95.0 Å². The maximum atomic E-state index is 14.5. The van der Waals surface area contributed by atoms with E-state index in [-0.39, 0.29) is 18.5 Å². The summed E-state index contributed by atoms with van der Waals surface area (Å²) in [4.78, 5) is 18.6. The first kappa shape index (κ1) is 29.9. The molecule has 0 radical (unpaired) electrons. The van der Waals surface area contributed by atoms with Crippen LogP contribution in [0.3, 0.4) is 0 Å². The Balaban J connectivity index is 1.45. The number of hydrogen-bond donors (Lipinski definition) is 0. The number of fused-ring (bicyclic) bond motifs is 2. The number of carbonyl (C=O) groups excluding carboxylic acids is 1. The Kier molecular flexibility index (Phi) is 7.36. The number of allylic oxidation sites excluding steroid dienone is 1. The highest BCUT2D eigenvalue weighted by Gasteiger charge is 2.51. The zero-order valence-corrected chi connectivity index (χ0v) is 24.9. The molecule has 3 heterocycles. The minimum atomic E-state index is -4.65. The van der Waals surface area contributed by atoms with Crippen LogP contribution in [-0.2, 0) is 29.4 Å². The van der Waals surface area contributed by atoms with Gasteiger partial charge in [-0.2, -0.15) is 23.4 Å². The zero-order valence-electron chi connectivity index (χ0n) is 24.1. The lowest BCUT2D eigenvalue weighted by molar-refractivity contribution is -0.137. The molecule has 4 aromatic rings. The molecule has 0 N–H and O–H groups in total. The van der Waals surface area contributed by atoms with E-state index in [1.54, 1.807) is 51.3 Å². The van der Waals surface area contributed by atoms with E-state index in [2.05, 4.69) is 21.1 Å². The molecule has 44 heavy (non-hydrogen) atoms. The molecule has 0 amide bonds. The molecule has 1 fully saturated rings. The van der Waals surface area contributed by atoms with Gasteiger partial charge in [0.15, 0.2) is 10.8 Å². The minimum Gasteiger partial charge on any atom is -0.291 e. The third-order valence-corrected chi connectivity index (χ3v) is 10.8. The summed E-state index contributed by atoms with van der Waals surface area (Å²) in [6.07, 6.45) is 2.81. The average molecular weight is 627 g/mol. The average Bonchev–Trinajstić information content (AvgIpc) is 3.62. The Labute approximate surface area is 252 Å². The van der Waals surface area contributed by atoms with Crippen molar-refractivity contribution >= 4 is 27.4 Å². The molecule has 6 rings (SSSR count). The van der Waals surface area contributed by atoms with E-state index in [1.807, 2.05) is 13.0 Å². The van der Waals surface area contributed by atoms with Crippen molar-refractivity contribution in [1.82, 2.24) is 28.9 Å². The van der Waals surface area contributed by atoms with Crippen molar-refractivity contribution in [2.45, 2.75) is 49.9 Å². The molecule has 0 aliphatic heterocycles. The maximum Gasteiger partial charge on any atom is 0.416 e. The number of hydrogen-bond acceptors (Lipinski definition) is 5. The number of rotatable bonds is 7. The molecule has 2 aliphatic carbocycles. The minimum absolute atomic E-state index is 0.155. The largest absolute Gasteiger partial charge is 0.416 e. The molecule has 2 aliphatic rings. The Morgan fingerprint density at radius 3 is 2.61 bits per heavy atom. The van der Waals surface area contributed by atoms with Crippen LogP contribution in [0.4, 0.5) is 17.6 Å². The first-order chi connectivity index (χ1) is 20.8. The van der Waals surface area contributed by atoms with E-state index < -0.39 is 44.5 Å². The lowest BCUT2D eigenvalue weighted by Gasteiger charge is -2.47. The number of aromatic nitrogens is 5. The lowest BCUT2D eigenvalue weighted by Crippen LogP contribution is -2.50. The molecular formula is C31H30F4N6O2S. The number of nitrogens with zero attached hydrogens (tertiary/aromatic N) is 6. The first-order valence-electron chi connectivity index (χ1n) is 14.1. The van der Waals surface area contributed by atoms with Crippen LogP contribution in [0.5, 0.6) is 0 Å². The van der Waals surface area contributed by atoms with Crippen molar-refractivity contribution in [3.63, 3.8) is 0 Å². The van der Waals surface area contributed by atoms with Gasteiger partial charge in [-0.15, -0.1) is 0 Å². The number of halogens is 4. The third-order valence-electron chi connectivity index (χ3n) is 8.57. The van der Waals surface area contributed by atoms with Crippen LogP contribution in [0, 0.1) is 11.2 Å². The monoisotopic (exact) mass is 626 g/mol. The number of carbonyl (C=O) groups is 1. The summed E-state index contributed by atoms with van der Waals surface area (Å²) in [6, 6.07) is 8.74. The van der Waals surface area contributed by atoms with Crippen molar-refractivity contribution < 1.29 is 26.6 Å². The van der Waals surface area contributed by atoms with Gasteiger partial charge in [0.05, 0.1) is 38.3 Å². The molecule has 8 nitrogen and oxygen atoms in total. The van der Waals surface area contributed by atoms with Gasteiger partial charge in [-0.1, -0.05) is 12.5 Å². The first-order valence-corrected chi connectivity index (χ1v) is 15.8. The van der Waals surface area contributed by atoms with Gasteiger partial charge in [0.2, 0.25) is 0 Å². The van der Waals surface area contributed by atoms with Crippen LogP contribution in [0.2, 0.25) is 0 Å². The van der Waals surface area contributed by atoms with Gasteiger partial charge in [-0.05, 0) is 85.7 Å². The molecule has 3 atom stereocenters. The predicted molar refractivity (Wildman–Crippen MR) is 158 cm³/mol. The van der Waals surface area contributed by atoms with Crippen molar-refractivity contribution in [2.75, 3.05) is 6.54 Å². The second kappa shape index (κ2) is 10.8. The van der Waals surface area contributed by atoms with Gasteiger partial charge in [-0.25, -0.2) is 17.6 Å². The van der Waals surface area contributed by atoms with Gasteiger partial charge >= 0.3 is 6.18 Å². The summed E-state index contributed by atoms with van der Waals surface area (Å²) in [5, 5.41) is 9.16. The van der Waals surface area contributed by atoms with Crippen LogP contribution < -0.4 is 0 Å². The molecule has 230 valence electrons. The fourth-order valence-corrected chi connectivity index (χ4v) is 8.33. The Morgan fingerprint density at radius 2 is 1.95 bits per heavy atom. The summed E-state index contributed by atoms with van der Waals surface area (Å²) in [6.45, 7) is 2.20. The number of aryl methyl sites for hydroxylation is 1. The summed E-state index contributed by atoms with van der Waals surface area (Å²) in [5.74, 6) is 3.12. The number of Topliss-reactive ketones (excluding diaryl/α,β-unsaturated/α-hetero) is 1. The molecule has 0 spiro atoms. The molecular weight excluding hydrogens is 596 g/mol. The standard InChI is InChI=1S/C31H30F4N6O2S/c1-4-40(44(3,43)28-12-14-39(2)38-28)25-8-5-21-16-27-20(19-37-41(27)24-9-6-23(32)7-10-24)17-30(21,18-25)29(42)26-15-22(11-13-36-26)31(33,34)35/h6-7,9-16,19,25H,3-5,8,17-18H2,1-2H3/t25-,30-,44?/m0/s1. The van der Waals surface area contributed by atoms with Crippen LogP contribution in [0.1, 0.15) is 53.5 Å². The number of ketones is 1. The normalized spacial score (nSPS) is 21.3. The van der Waals surface area contributed by atoms with Gasteiger partial charge in [0.25, 0.3) is 0 Å². The molecule has 1 saturated carbocycles. The van der Waals surface area contributed by atoms with Crippen molar-refractivity contribution in [2.24, 2.45) is 12.5 Å². The van der Waals surface area contributed by atoms with E-state index in [1.165, 1.54) is 12.1 Å². The number of pyridine rings is 1. The summed E-state index contributed by atoms with van der Waals surface area (Å²) in [7, 11) is -1.33. The van der Waals surface area contributed by atoms with Gasteiger partial charge in [0, 0.05) is 32.0 Å². The van der Waals surface area contributed by atoms with E-state index in [0.717, 1.165) is 23.9 Å². The Hall–Kier alpha value is -4.10. The predicted octanol–water partition coefficient (Wildman–Crippen LogP) is 5.53. The molecule has 13 heteroatoms. The third kappa shape index (κ3) is 5.07. The SMILES string of the molecule is C=S(=O)(c1ccn(C)n1)N(CC)[C@H]1CCC2=Cc3c(cnn3-c3ccc(F)cc3)C[C@]2(C(=O)c2cc(C(F)(F)F)ccn2)C1. The fraction of sp³-hybridized carbons (Fsp3) is 0.323. The number of benzene rings is 1.